The van der Waals surface area contributed by atoms with Gasteiger partial charge in [0, 0.05) is 19.1 Å². The molecule has 0 aromatic heterocycles. The van der Waals surface area contributed by atoms with E-state index in [0.717, 1.165) is 25.7 Å². The highest BCUT2D eigenvalue weighted by molar-refractivity contribution is 5.91. The number of likely N-dealkylation sites (tertiary alicyclic amines) is 1. The van der Waals surface area contributed by atoms with Gasteiger partial charge in [0.2, 0.25) is 5.91 Å². The Hall–Kier alpha value is -1.83. The largest absolute Gasteiger partial charge is 0.480 e. The second-order valence-electron chi connectivity index (χ2n) is 9.30. The zero-order chi connectivity index (χ0) is 20.5. The second kappa shape index (κ2) is 7.89. The summed E-state index contributed by atoms with van der Waals surface area (Å²) in [4.78, 5) is 42.3. The number of ether oxygens (including phenoxy) is 1. The molecule has 1 N–H and O–H groups in total. The van der Waals surface area contributed by atoms with E-state index in [4.69, 9.17) is 4.74 Å². The first-order chi connectivity index (χ1) is 13.1. The molecule has 1 aliphatic carbocycles. The van der Waals surface area contributed by atoms with Crippen LogP contribution in [0.15, 0.2) is 0 Å². The van der Waals surface area contributed by atoms with Gasteiger partial charge in [0.15, 0.2) is 0 Å². The molecule has 2 aliphatic heterocycles. The normalized spacial score (nSPS) is 24.0. The minimum atomic E-state index is -0.986. The minimum Gasteiger partial charge on any atom is -0.480 e. The molecule has 0 atom stereocenters. The van der Waals surface area contributed by atoms with Crippen molar-refractivity contribution in [2.24, 2.45) is 0 Å². The number of carboxylic acids is 1. The topological polar surface area (TPSA) is 90.4 Å². The van der Waals surface area contributed by atoms with Gasteiger partial charge in [0.1, 0.15) is 17.7 Å². The van der Waals surface area contributed by atoms with E-state index in [1.165, 1.54) is 11.3 Å². The first-order valence-electron chi connectivity index (χ1n) is 10.4. The van der Waals surface area contributed by atoms with Gasteiger partial charge in [-0.2, -0.15) is 0 Å². The molecule has 0 aromatic rings. The number of aliphatic carboxylic acids is 1. The standard InChI is InChI=1S/C20H33N3O5/c1-19(2,3)28-18(27)21-11-9-20(10-12-21)17(26)22(13-16(24)25)14-23(20)15-7-5-4-6-8-15/h15H,4-14H2,1-3H3,(H,24,25). The smallest absolute Gasteiger partial charge is 0.410 e. The Bertz CT molecular complexity index is 616. The third-order valence-electron chi connectivity index (χ3n) is 6.14. The molecule has 1 spiro atoms. The maximum Gasteiger partial charge on any atom is 0.410 e. The van der Waals surface area contributed by atoms with E-state index in [9.17, 15) is 19.5 Å². The van der Waals surface area contributed by atoms with Crippen LogP contribution in [0.1, 0.15) is 65.7 Å². The van der Waals surface area contributed by atoms with Gasteiger partial charge in [-0.1, -0.05) is 19.3 Å². The third kappa shape index (κ3) is 4.26. The minimum absolute atomic E-state index is 0.0932. The fourth-order valence-electron chi connectivity index (χ4n) is 4.83. The number of nitrogens with zero attached hydrogens (tertiary/aromatic N) is 3. The van der Waals surface area contributed by atoms with E-state index in [-0.39, 0.29) is 18.5 Å². The highest BCUT2D eigenvalue weighted by Gasteiger charge is 2.56. The SMILES string of the molecule is CC(C)(C)OC(=O)N1CCC2(CC1)C(=O)N(CC(=O)O)CN2C1CCCCC1. The summed E-state index contributed by atoms with van der Waals surface area (Å²) in [6.45, 7) is 6.53. The van der Waals surface area contributed by atoms with Gasteiger partial charge in [-0.3, -0.25) is 14.5 Å². The van der Waals surface area contributed by atoms with Gasteiger partial charge < -0.3 is 19.6 Å². The molecule has 2 heterocycles. The van der Waals surface area contributed by atoms with Crippen LogP contribution in [-0.4, -0.2) is 81.3 Å². The van der Waals surface area contributed by atoms with E-state index in [2.05, 4.69) is 4.90 Å². The number of hydrogen-bond acceptors (Lipinski definition) is 5. The fourth-order valence-corrected chi connectivity index (χ4v) is 4.83. The van der Waals surface area contributed by atoms with Crippen LogP contribution < -0.4 is 0 Å². The Morgan fingerprint density at radius 3 is 2.29 bits per heavy atom. The van der Waals surface area contributed by atoms with Crippen molar-refractivity contribution >= 4 is 18.0 Å². The molecule has 8 heteroatoms. The molecule has 0 radical (unpaired) electrons. The second-order valence-corrected chi connectivity index (χ2v) is 9.30. The molecule has 158 valence electrons. The maximum absolute atomic E-state index is 13.3. The van der Waals surface area contributed by atoms with Crippen molar-refractivity contribution in [3.05, 3.63) is 0 Å². The number of amides is 2. The Morgan fingerprint density at radius 2 is 1.75 bits per heavy atom. The third-order valence-corrected chi connectivity index (χ3v) is 6.14. The molecule has 0 unspecified atom stereocenters. The molecule has 0 aromatic carbocycles. The summed E-state index contributed by atoms with van der Waals surface area (Å²) in [5.41, 5.74) is -1.24. The lowest BCUT2D eigenvalue weighted by Gasteiger charge is -2.46. The molecule has 8 nitrogen and oxygen atoms in total. The molecular weight excluding hydrogens is 362 g/mol. The van der Waals surface area contributed by atoms with Gasteiger partial charge >= 0.3 is 12.1 Å². The van der Waals surface area contributed by atoms with E-state index >= 15 is 0 Å². The molecule has 3 fully saturated rings. The fraction of sp³-hybridized carbons (Fsp3) is 0.850. The Morgan fingerprint density at radius 1 is 1.14 bits per heavy atom. The van der Waals surface area contributed by atoms with Crippen LogP contribution in [0, 0.1) is 0 Å². The zero-order valence-electron chi connectivity index (χ0n) is 17.3. The van der Waals surface area contributed by atoms with Crippen LogP contribution >= 0.6 is 0 Å². The first-order valence-corrected chi connectivity index (χ1v) is 10.4. The van der Waals surface area contributed by atoms with Gasteiger partial charge in [-0.05, 0) is 46.5 Å². The molecule has 28 heavy (non-hydrogen) atoms. The molecule has 3 rings (SSSR count). The lowest BCUT2D eigenvalue weighted by Crippen LogP contribution is -2.59. The summed E-state index contributed by atoms with van der Waals surface area (Å²) in [5.74, 6) is -1.08. The van der Waals surface area contributed by atoms with Crippen LogP contribution in [0.4, 0.5) is 4.79 Å². The summed E-state index contributed by atoms with van der Waals surface area (Å²) in [7, 11) is 0. The number of hydrogen-bond donors (Lipinski definition) is 1. The monoisotopic (exact) mass is 395 g/mol. The summed E-state index contributed by atoms with van der Waals surface area (Å²) in [6.07, 6.45) is 6.31. The lowest BCUT2D eigenvalue weighted by atomic mass is 9.82. The van der Waals surface area contributed by atoms with Crippen LogP contribution in [-0.2, 0) is 14.3 Å². The van der Waals surface area contributed by atoms with Crippen molar-refractivity contribution in [1.82, 2.24) is 14.7 Å². The Kier molecular flexibility index (Phi) is 5.89. The summed E-state index contributed by atoms with van der Waals surface area (Å²) in [6, 6.07) is 0.310. The van der Waals surface area contributed by atoms with Crippen molar-refractivity contribution in [2.75, 3.05) is 26.3 Å². The van der Waals surface area contributed by atoms with Crippen molar-refractivity contribution < 1.29 is 24.2 Å². The highest BCUT2D eigenvalue weighted by Crippen LogP contribution is 2.40. The highest BCUT2D eigenvalue weighted by atomic mass is 16.6. The molecule has 3 aliphatic rings. The van der Waals surface area contributed by atoms with Crippen molar-refractivity contribution in [2.45, 2.75) is 82.9 Å². The maximum atomic E-state index is 13.3. The van der Waals surface area contributed by atoms with Crippen LogP contribution in [0.5, 0.6) is 0 Å². The van der Waals surface area contributed by atoms with Crippen LogP contribution in [0.25, 0.3) is 0 Å². The predicted molar refractivity (Wildman–Crippen MR) is 103 cm³/mol. The summed E-state index contributed by atoms with van der Waals surface area (Å²) >= 11 is 0. The van der Waals surface area contributed by atoms with E-state index in [0.29, 0.717) is 38.6 Å². The quantitative estimate of drug-likeness (QED) is 0.788. The average molecular weight is 396 g/mol. The van der Waals surface area contributed by atoms with E-state index in [1.54, 1.807) is 4.90 Å². The number of piperidine rings is 1. The van der Waals surface area contributed by atoms with Gasteiger partial charge in [-0.15, -0.1) is 0 Å². The molecule has 2 saturated heterocycles. The van der Waals surface area contributed by atoms with E-state index < -0.39 is 17.1 Å². The number of carbonyl (C=O) groups excluding carboxylic acids is 2. The van der Waals surface area contributed by atoms with Crippen LogP contribution in [0.3, 0.4) is 0 Å². The van der Waals surface area contributed by atoms with Crippen molar-refractivity contribution in [3.63, 3.8) is 0 Å². The number of carbonyl (C=O) groups is 3. The van der Waals surface area contributed by atoms with Crippen molar-refractivity contribution in [3.8, 4) is 0 Å². The Balaban J connectivity index is 1.75. The van der Waals surface area contributed by atoms with Gasteiger partial charge in [0.05, 0.1) is 6.67 Å². The predicted octanol–water partition coefficient (Wildman–Crippen LogP) is 2.28. The van der Waals surface area contributed by atoms with Gasteiger partial charge in [-0.25, -0.2) is 4.79 Å². The summed E-state index contributed by atoms with van der Waals surface area (Å²) in [5, 5.41) is 9.22. The summed E-state index contributed by atoms with van der Waals surface area (Å²) < 4.78 is 5.47. The molecular formula is C20H33N3O5. The molecule has 0 bridgehead atoms. The van der Waals surface area contributed by atoms with Crippen LogP contribution in [0.2, 0.25) is 0 Å². The zero-order valence-corrected chi connectivity index (χ0v) is 17.3. The first kappa shape index (κ1) is 20.9. The van der Waals surface area contributed by atoms with Gasteiger partial charge in [0.25, 0.3) is 0 Å². The molecule has 1 saturated carbocycles. The Labute approximate surface area is 166 Å². The molecule has 2 amide bonds. The van der Waals surface area contributed by atoms with E-state index in [1.807, 2.05) is 20.8 Å². The lowest BCUT2D eigenvalue weighted by molar-refractivity contribution is -0.145. The van der Waals surface area contributed by atoms with Crippen molar-refractivity contribution in [1.29, 1.82) is 0 Å². The average Bonchev–Trinajstić information content (AvgIpc) is 2.87. The number of carboxylic acid groups (broad SMARTS) is 1. The number of rotatable bonds is 3.